The number of nitrogens with zero attached hydrogens (tertiary/aromatic N) is 2. The molecule has 3 aromatic rings. The van der Waals surface area contributed by atoms with Gasteiger partial charge >= 0.3 is 12.2 Å². The molecule has 1 aromatic carbocycles. The first-order valence-electron chi connectivity index (χ1n) is 8.70. The van der Waals surface area contributed by atoms with Crippen LogP contribution < -0.4 is 15.4 Å². The number of thiazole rings is 1. The molecule has 1 unspecified atom stereocenters. The molecule has 0 radical (unpaired) electrons. The summed E-state index contributed by atoms with van der Waals surface area (Å²) in [6.07, 6.45) is -2.30. The maximum absolute atomic E-state index is 12.7. The van der Waals surface area contributed by atoms with Crippen molar-refractivity contribution in [2.45, 2.75) is 12.3 Å². The average Bonchev–Trinajstić information content (AvgIpc) is 3.19. The maximum Gasteiger partial charge on any atom is 0.416 e. The van der Waals surface area contributed by atoms with Crippen molar-refractivity contribution in [2.75, 3.05) is 18.5 Å². The second kappa shape index (κ2) is 9.55. The van der Waals surface area contributed by atoms with Crippen molar-refractivity contribution in [3.05, 3.63) is 59.7 Å². The summed E-state index contributed by atoms with van der Waals surface area (Å²) >= 11 is 1.23. The number of benzene rings is 1. The van der Waals surface area contributed by atoms with E-state index in [1.54, 1.807) is 23.8 Å². The first-order valence-corrected chi connectivity index (χ1v) is 9.58. The van der Waals surface area contributed by atoms with Crippen molar-refractivity contribution in [3.63, 3.8) is 0 Å². The van der Waals surface area contributed by atoms with E-state index in [9.17, 15) is 23.1 Å². The van der Waals surface area contributed by atoms with Crippen LogP contribution >= 0.6 is 11.3 Å². The number of halogens is 3. The third-order valence-corrected chi connectivity index (χ3v) is 4.54. The first kappa shape index (κ1) is 21.5. The summed E-state index contributed by atoms with van der Waals surface area (Å²) < 4.78 is 43.2. The Morgan fingerprint density at radius 2 is 2.10 bits per heavy atom. The molecule has 3 N–H and O–H groups in total. The standard InChI is InChI=1S/C19H17F3N4O3S/c20-19(21,22)13-4-1-5-15(7-13)29-10-14(27)9-24-17(28)26-18-25-16(11-30-18)12-3-2-6-23-8-12/h1-8,11,14,27H,9-10H2,(H2,24,25,26,28). The Balaban J connectivity index is 1.43. The molecule has 0 aliphatic heterocycles. The molecule has 7 nitrogen and oxygen atoms in total. The minimum absolute atomic E-state index is 0.0287. The van der Waals surface area contributed by atoms with Crippen LogP contribution in [0.15, 0.2) is 54.2 Å². The van der Waals surface area contributed by atoms with Gasteiger partial charge in [-0.1, -0.05) is 6.07 Å². The van der Waals surface area contributed by atoms with Crippen LogP contribution in [0, 0.1) is 0 Å². The number of aromatic nitrogens is 2. The molecule has 1 atom stereocenters. The molecule has 30 heavy (non-hydrogen) atoms. The summed E-state index contributed by atoms with van der Waals surface area (Å²) in [7, 11) is 0. The number of pyridine rings is 1. The number of aliphatic hydroxyl groups excluding tert-OH is 1. The Morgan fingerprint density at radius 1 is 1.27 bits per heavy atom. The van der Waals surface area contributed by atoms with Gasteiger partial charge in [0.25, 0.3) is 0 Å². The number of hydrogen-bond acceptors (Lipinski definition) is 6. The minimum atomic E-state index is -4.48. The van der Waals surface area contributed by atoms with Crippen LogP contribution in [0.5, 0.6) is 5.75 Å². The summed E-state index contributed by atoms with van der Waals surface area (Å²) in [5.74, 6) is -0.0287. The van der Waals surface area contributed by atoms with E-state index in [1.165, 1.54) is 23.5 Å². The monoisotopic (exact) mass is 438 g/mol. The molecule has 2 aromatic heterocycles. The van der Waals surface area contributed by atoms with E-state index in [-0.39, 0.29) is 18.9 Å². The third kappa shape index (κ3) is 6.16. The zero-order chi connectivity index (χ0) is 21.6. The van der Waals surface area contributed by atoms with Gasteiger partial charge in [-0.3, -0.25) is 10.3 Å². The van der Waals surface area contributed by atoms with Gasteiger partial charge in [0.05, 0.1) is 11.3 Å². The number of alkyl halides is 3. The molecule has 0 saturated carbocycles. The number of hydrogen-bond donors (Lipinski definition) is 3. The molecule has 3 rings (SSSR count). The molecule has 11 heteroatoms. The molecule has 0 spiro atoms. The SMILES string of the molecule is O=C(NCC(O)COc1cccc(C(F)(F)F)c1)Nc1nc(-c2cccnc2)cs1. The Labute approximate surface area is 173 Å². The largest absolute Gasteiger partial charge is 0.491 e. The van der Waals surface area contributed by atoms with Gasteiger partial charge < -0.3 is 15.2 Å². The lowest BCUT2D eigenvalue weighted by atomic mass is 10.2. The smallest absolute Gasteiger partial charge is 0.416 e. The average molecular weight is 438 g/mol. The molecular formula is C19H17F3N4O3S. The quantitative estimate of drug-likeness (QED) is 0.522. The molecule has 2 heterocycles. The highest BCUT2D eigenvalue weighted by molar-refractivity contribution is 7.14. The molecule has 0 fully saturated rings. The number of nitrogens with one attached hydrogen (secondary N) is 2. The Morgan fingerprint density at radius 3 is 2.83 bits per heavy atom. The van der Waals surface area contributed by atoms with E-state index in [1.807, 2.05) is 6.07 Å². The fourth-order valence-electron chi connectivity index (χ4n) is 2.34. The van der Waals surface area contributed by atoms with E-state index in [4.69, 9.17) is 4.74 Å². The summed E-state index contributed by atoms with van der Waals surface area (Å²) in [4.78, 5) is 20.2. The second-order valence-electron chi connectivity index (χ2n) is 6.11. The maximum atomic E-state index is 12.7. The number of anilines is 1. The molecule has 0 bridgehead atoms. The second-order valence-corrected chi connectivity index (χ2v) is 6.96. The van der Waals surface area contributed by atoms with Crippen LogP contribution in [0.4, 0.5) is 23.1 Å². The van der Waals surface area contributed by atoms with E-state index in [0.29, 0.717) is 10.8 Å². The van der Waals surface area contributed by atoms with Gasteiger partial charge in [-0.05, 0) is 30.3 Å². The van der Waals surface area contributed by atoms with Crippen LogP contribution in [0.2, 0.25) is 0 Å². The molecule has 2 amide bonds. The van der Waals surface area contributed by atoms with Crippen LogP contribution in [0.1, 0.15) is 5.56 Å². The number of carbonyl (C=O) groups is 1. The zero-order valence-electron chi connectivity index (χ0n) is 15.4. The van der Waals surface area contributed by atoms with Gasteiger partial charge in [0.15, 0.2) is 5.13 Å². The lowest BCUT2D eigenvalue weighted by Gasteiger charge is -2.14. The normalized spacial score (nSPS) is 12.3. The highest BCUT2D eigenvalue weighted by Gasteiger charge is 2.30. The Kier molecular flexibility index (Phi) is 6.85. The topological polar surface area (TPSA) is 96.4 Å². The fraction of sp³-hybridized carbons (Fsp3) is 0.211. The summed E-state index contributed by atoms with van der Waals surface area (Å²) in [5.41, 5.74) is 0.628. The number of rotatable bonds is 7. The van der Waals surface area contributed by atoms with Crippen LogP contribution in [0.25, 0.3) is 11.3 Å². The van der Waals surface area contributed by atoms with E-state index >= 15 is 0 Å². The highest BCUT2D eigenvalue weighted by Crippen LogP contribution is 2.31. The molecular weight excluding hydrogens is 421 g/mol. The van der Waals surface area contributed by atoms with Crippen LogP contribution in [0.3, 0.4) is 0 Å². The van der Waals surface area contributed by atoms with E-state index in [0.717, 1.165) is 17.7 Å². The van der Waals surface area contributed by atoms with Gasteiger partial charge in [-0.15, -0.1) is 11.3 Å². The Bertz CT molecular complexity index is 982. The van der Waals surface area contributed by atoms with Crippen molar-refractivity contribution in [3.8, 4) is 17.0 Å². The van der Waals surface area contributed by atoms with Gasteiger partial charge in [0, 0.05) is 29.9 Å². The molecule has 0 aliphatic carbocycles. The number of carbonyl (C=O) groups excluding carboxylic acids is 1. The van der Waals surface area contributed by atoms with Crippen LogP contribution in [-0.4, -0.2) is 40.4 Å². The van der Waals surface area contributed by atoms with Gasteiger partial charge in [0.2, 0.25) is 0 Å². The van der Waals surface area contributed by atoms with Crippen molar-refractivity contribution in [1.82, 2.24) is 15.3 Å². The van der Waals surface area contributed by atoms with Crippen molar-refractivity contribution < 1.29 is 27.8 Å². The lowest BCUT2D eigenvalue weighted by molar-refractivity contribution is -0.137. The van der Waals surface area contributed by atoms with Crippen molar-refractivity contribution in [1.29, 1.82) is 0 Å². The molecule has 0 aliphatic rings. The number of urea groups is 1. The number of aliphatic hydroxyl groups is 1. The minimum Gasteiger partial charge on any atom is -0.491 e. The van der Waals surface area contributed by atoms with Gasteiger partial charge in [-0.2, -0.15) is 13.2 Å². The predicted octanol–water partition coefficient (Wildman–Crippen LogP) is 3.79. The highest BCUT2D eigenvalue weighted by atomic mass is 32.1. The van der Waals surface area contributed by atoms with Crippen LogP contribution in [-0.2, 0) is 6.18 Å². The number of amides is 2. The van der Waals surface area contributed by atoms with Crippen molar-refractivity contribution in [2.24, 2.45) is 0 Å². The predicted molar refractivity (Wildman–Crippen MR) is 105 cm³/mol. The van der Waals surface area contributed by atoms with Gasteiger partial charge in [-0.25, -0.2) is 9.78 Å². The first-order chi connectivity index (χ1) is 14.3. The molecule has 0 saturated heterocycles. The summed E-state index contributed by atoms with van der Waals surface area (Å²) in [6.45, 7) is -0.449. The summed E-state index contributed by atoms with van der Waals surface area (Å²) in [5, 5.41) is 17.0. The van der Waals surface area contributed by atoms with E-state index in [2.05, 4.69) is 20.6 Å². The van der Waals surface area contributed by atoms with Gasteiger partial charge in [0.1, 0.15) is 18.5 Å². The fourth-order valence-corrected chi connectivity index (χ4v) is 3.06. The Hall–Kier alpha value is -3.18. The third-order valence-electron chi connectivity index (χ3n) is 3.78. The lowest BCUT2D eigenvalue weighted by Crippen LogP contribution is -2.37. The molecule has 158 valence electrons. The van der Waals surface area contributed by atoms with E-state index < -0.39 is 23.9 Å². The summed E-state index contributed by atoms with van der Waals surface area (Å²) in [6, 6.07) is 7.36. The van der Waals surface area contributed by atoms with Crippen molar-refractivity contribution >= 4 is 22.5 Å². The number of ether oxygens (including phenoxy) is 1. The zero-order valence-corrected chi connectivity index (χ0v) is 16.2.